The summed E-state index contributed by atoms with van der Waals surface area (Å²) in [5, 5.41) is 0. The van der Waals surface area contributed by atoms with Gasteiger partial charge in [0.2, 0.25) is 0 Å². The van der Waals surface area contributed by atoms with E-state index in [1.54, 1.807) is 0 Å². The molecular formula is C19H32O. The van der Waals surface area contributed by atoms with Gasteiger partial charge in [-0.15, -0.1) is 0 Å². The van der Waals surface area contributed by atoms with Crippen LogP contribution in [-0.4, -0.2) is 12.7 Å². The normalized spacial score (nSPS) is 53.9. The smallest absolute Gasteiger partial charge is 0.0628 e. The predicted octanol–water partition coefficient (Wildman–Crippen LogP) is 4.90. The second-order valence-corrected chi connectivity index (χ2v) is 9.03. The highest BCUT2D eigenvalue weighted by atomic mass is 16.5. The number of rotatable bonds is 0. The minimum atomic E-state index is 0.584. The van der Waals surface area contributed by atoms with Crippen LogP contribution < -0.4 is 0 Å². The fourth-order valence-corrected chi connectivity index (χ4v) is 6.58. The predicted molar refractivity (Wildman–Crippen MR) is 82.5 cm³/mol. The first-order chi connectivity index (χ1) is 9.57. The molecule has 2 unspecified atom stereocenters. The Morgan fingerprint density at radius 3 is 2.45 bits per heavy atom. The lowest BCUT2D eigenvalue weighted by Gasteiger charge is -2.57. The van der Waals surface area contributed by atoms with Crippen LogP contribution in [0.25, 0.3) is 0 Å². The van der Waals surface area contributed by atoms with E-state index in [-0.39, 0.29) is 0 Å². The van der Waals surface area contributed by atoms with Crippen molar-refractivity contribution in [2.75, 3.05) is 6.61 Å². The summed E-state index contributed by atoms with van der Waals surface area (Å²) < 4.78 is 5.83. The van der Waals surface area contributed by atoms with Crippen molar-refractivity contribution in [1.82, 2.24) is 0 Å². The van der Waals surface area contributed by atoms with Crippen molar-refractivity contribution in [1.29, 1.82) is 0 Å². The zero-order valence-electron chi connectivity index (χ0n) is 13.6. The Kier molecular flexibility index (Phi) is 3.22. The summed E-state index contributed by atoms with van der Waals surface area (Å²) in [5.41, 5.74) is 0.584. The van der Waals surface area contributed by atoms with E-state index in [9.17, 15) is 0 Å². The summed E-state index contributed by atoms with van der Waals surface area (Å²) in [4.78, 5) is 0. The Morgan fingerprint density at radius 1 is 0.900 bits per heavy atom. The molecule has 0 radical (unpaired) electrons. The third kappa shape index (κ3) is 1.91. The summed E-state index contributed by atoms with van der Waals surface area (Å²) in [6.45, 7) is 8.79. The summed E-state index contributed by atoms with van der Waals surface area (Å²) in [6.07, 6.45) is 11.0. The van der Waals surface area contributed by atoms with Crippen molar-refractivity contribution in [3.8, 4) is 0 Å². The number of fused-ring (bicyclic) bond motifs is 5. The lowest BCUT2D eigenvalue weighted by molar-refractivity contribution is -0.184. The maximum absolute atomic E-state index is 5.83. The maximum Gasteiger partial charge on any atom is 0.0628 e. The average Bonchev–Trinajstić information content (AvgIpc) is 2.35. The molecule has 1 heterocycles. The van der Waals surface area contributed by atoms with Crippen molar-refractivity contribution in [3.63, 3.8) is 0 Å². The summed E-state index contributed by atoms with van der Waals surface area (Å²) in [7, 11) is 0. The highest BCUT2D eigenvalue weighted by Gasteiger charge is 2.51. The van der Waals surface area contributed by atoms with Crippen LogP contribution in [0.2, 0.25) is 0 Å². The lowest BCUT2D eigenvalue weighted by Crippen LogP contribution is -2.53. The molecule has 0 aromatic rings. The largest absolute Gasteiger partial charge is 0.377 e. The van der Waals surface area contributed by atoms with Gasteiger partial charge in [-0.2, -0.15) is 0 Å². The van der Waals surface area contributed by atoms with E-state index in [0.29, 0.717) is 11.5 Å². The molecule has 4 rings (SSSR count). The first-order valence-electron chi connectivity index (χ1n) is 9.19. The Labute approximate surface area is 124 Å². The first-order valence-corrected chi connectivity index (χ1v) is 9.19. The summed E-state index contributed by atoms with van der Waals surface area (Å²) >= 11 is 0. The number of ether oxygens (including phenoxy) is 1. The van der Waals surface area contributed by atoms with Crippen LogP contribution in [0.5, 0.6) is 0 Å². The summed E-state index contributed by atoms with van der Waals surface area (Å²) in [5.74, 6) is 5.89. The van der Waals surface area contributed by atoms with Crippen LogP contribution in [0.15, 0.2) is 0 Å². The Hall–Kier alpha value is -0.0400. The Bertz CT molecular complexity index is 374. The quantitative estimate of drug-likeness (QED) is 0.611. The van der Waals surface area contributed by atoms with Crippen LogP contribution in [0.4, 0.5) is 0 Å². The van der Waals surface area contributed by atoms with Gasteiger partial charge in [0.1, 0.15) is 0 Å². The number of hydrogen-bond donors (Lipinski definition) is 0. The van der Waals surface area contributed by atoms with Crippen molar-refractivity contribution >= 4 is 0 Å². The Morgan fingerprint density at radius 2 is 1.70 bits per heavy atom. The second-order valence-electron chi connectivity index (χ2n) is 9.03. The van der Waals surface area contributed by atoms with Crippen molar-refractivity contribution in [2.24, 2.45) is 40.9 Å². The Balaban J connectivity index is 1.60. The highest BCUT2D eigenvalue weighted by molar-refractivity contribution is 5.00. The molecule has 114 valence electrons. The third-order valence-electron chi connectivity index (χ3n) is 8.03. The molecule has 1 nitrogen and oxygen atoms in total. The molecule has 0 N–H and O–H groups in total. The van der Waals surface area contributed by atoms with Gasteiger partial charge in [0, 0.05) is 5.92 Å². The van der Waals surface area contributed by atoms with E-state index in [1.165, 1.54) is 44.9 Å². The van der Waals surface area contributed by atoms with E-state index in [1.807, 2.05) is 0 Å². The molecule has 1 heteroatoms. The van der Waals surface area contributed by atoms with Gasteiger partial charge in [-0.05, 0) is 73.5 Å². The van der Waals surface area contributed by atoms with Gasteiger partial charge >= 0.3 is 0 Å². The topological polar surface area (TPSA) is 9.23 Å². The van der Waals surface area contributed by atoms with Crippen LogP contribution in [0, 0.1) is 40.9 Å². The van der Waals surface area contributed by atoms with E-state index in [2.05, 4.69) is 20.8 Å². The van der Waals surface area contributed by atoms with Crippen molar-refractivity contribution in [3.05, 3.63) is 0 Å². The molecule has 4 aliphatic rings. The molecule has 1 aliphatic heterocycles. The van der Waals surface area contributed by atoms with Gasteiger partial charge < -0.3 is 4.74 Å². The fraction of sp³-hybridized carbons (Fsp3) is 1.00. The van der Waals surface area contributed by atoms with Gasteiger partial charge in [-0.1, -0.05) is 27.2 Å². The van der Waals surface area contributed by atoms with Crippen molar-refractivity contribution in [2.45, 2.75) is 71.8 Å². The molecule has 0 aromatic carbocycles. The molecule has 3 saturated carbocycles. The van der Waals surface area contributed by atoms with Gasteiger partial charge in [0.25, 0.3) is 0 Å². The van der Waals surface area contributed by atoms with E-state index in [0.717, 1.165) is 42.1 Å². The van der Waals surface area contributed by atoms with Gasteiger partial charge in [-0.25, -0.2) is 0 Å². The monoisotopic (exact) mass is 276 g/mol. The number of hydrogen-bond acceptors (Lipinski definition) is 1. The lowest BCUT2D eigenvalue weighted by atomic mass is 9.51. The highest BCUT2D eigenvalue weighted by Crippen LogP contribution is 2.57. The maximum atomic E-state index is 5.83. The molecule has 4 fully saturated rings. The second kappa shape index (κ2) is 4.73. The van der Waals surface area contributed by atoms with Gasteiger partial charge in [-0.3, -0.25) is 0 Å². The van der Waals surface area contributed by atoms with Gasteiger partial charge in [0.05, 0.1) is 12.7 Å². The molecule has 3 aliphatic carbocycles. The molecule has 2 bridgehead atoms. The molecule has 1 saturated heterocycles. The zero-order chi connectivity index (χ0) is 13.9. The van der Waals surface area contributed by atoms with E-state index >= 15 is 0 Å². The standard InChI is InChI=1S/C19H32O/c1-12-4-7-14-10-15-13(5-8-17(12)19(14,2)3)6-9-18-16(15)11-20-18/h12-18H,4-11H2,1-3H3/t12?,13?,14-,15+,16+,17-,18-/m1/s1. The van der Waals surface area contributed by atoms with Crippen LogP contribution in [0.1, 0.15) is 65.7 Å². The first kappa shape index (κ1) is 13.6. The minimum Gasteiger partial charge on any atom is -0.377 e. The minimum absolute atomic E-state index is 0.584. The molecule has 0 spiro atoms. The fourth-order valence-electron chi connectivity index (χ4n) is 6.58. The van der Waals surface area contributed by atoms with Gasteiger partial charge in [0.15, 0.2) is 0 Å². The van der Waals surface area contributed by atoms with E-state index < -0.39 is 0 Å². The molecule has 20 heavy (non-hydrogen) atoms. The van der Waals surface area contributed by atoms with E-state index in [4.69, 9.17) is 4.74 Å². The molecule has 0 amide bonds. The molecule has 7 atom stereocenters. The average molecular weight is 276 g/mol. The van der Waals surface area contributed by atoms with Crippen LogP contribution in [0.3, 0.4) is 0 Å². The summed E-state index contributed by atoms with van der Waals surface area (Å²) in [6, 6.07) is 0. The molecule has 0 aromatic heterocycles. The van der Waals surface area contributed by atoms with Crippen LogP contribution >= 0.6 is 0 Å². The third-order valence-corrected chi connectivity index (χ3v) is 8.03. The zero-order valence-corrected chi connectivity index (χ0v) is 13.6. The van der Waals surface area contributed by atoms with Crippen LogP contribution in [-0.2, 0) is 4.74 Å². The SMILES string of the molecule is CC1CC[C@@H]2C[C@H]3C(CC[C@H]1C2(C)C)CC[C@H]1OC[C@H]13. The van der Waals surface area contributed by atoms with Crippen molar-refractivity contribution < 1.29 is 4.74 Å². The molecular weight excluding hydrogens is 244 g/mol.